The predicted molar refractivity (Wildman–Crippen MR) is 108 cm³/mol. The summed E-state index contributed by atoms with van der Waals surface area (Å²) in [5, 5.41) is 3.69. The number of carbonyl (C=O) groups excluding carboxylic acids is 1. The highest BCUT2D eigenvalue weighted by molar-refractivity contribution is 7.89. The Labute approximate surface area is 172 Å². The molecule has 0 bridgehead atoms. The van der Waals surface area contributed by atoms with E-state index in [4.69, 9.17) is 4.52 Å². The van der Waals surface area contributed by atoms with Crippen LogP contribution in [0.15, 0.2) is 46.2 Å². The minimum absolute atomic E-state index is 0.0213. The Morgan fingerprint density at radius 1 is 1.14 bits per heavy atom. The molecule has 152 valence electrons. The van der Waals surface area contributed by atoms with E-state index in [1.165, 1.54) is 21.8 Å². The lowest BCUT2D eigenvalue weighted by Gasteiger charge is -2.33. The standard InChI is InChI=1S/C19H20N4O4S2/c1-13-11-16(28-14(13)2)19(24)22-7-9-23(10-8-22)29(25,26)17-12-21-27-18(17)15-3-5-20-6-4-15/h3-6,11-12H,7-10H2,1-2H3. The maximum atomic E-state index is 13.1. The molecule has 1 amide bonds. The predicted octanol–water partition coefficient (Wildman–Crippen LogP) is 2.56. The molecule has 3 aromatic rings. The molecule has 3 aromatic heterocycles. The van der Waals surface area contributed by atoms with Crippen molar-refractivity contribution in [1.82, 2.24) is 19.3 Å². The van der Waals surface area contributed by atoms with Crippen LogP contribution >= 0.6 is 11.3 Å². The molecular weight excluding hydrogens is 412 g/mol. The zero-order valence-electron chi connectivity index (χ0n) is 16.0. The van der Waals surface area contributed by atoms with E-state index in [0.717, 1.165) is 10.4 Å². The number of hydrogen-bond acceptors (Lipinski definition) is 7. The summed E-state index contributed by atoms with van der Waals surface area (Å²) < 4.78 is 32.9. The number of aromatic nitrogens is 2. The Morgan fingerprint density at radius 3 is 2.45 bits per heavy atom. The van der Waals surface area contributed by atoms with Gasteiger partial charge in [0.25, 0.3) is 5.91 Å². The molecule has 0 unspecified atom stereocenters. The van der Waals surface area contributed by atoms with Crippen molar-refractivity contribution in [2.24, 2.45) is 0 Å². The first-order valence-corrected chi connectivity index (χ1v) is 11.3. The van der Waals surface area contributed by atoms with E-state index in [1.54, 1.807) is 29.4 Å². The molecule has 0 spiro atoms. The molecule has 0 aliphatic carbocycles. The van der Waals surface area contributed by atoms with Gasteiger partial charge in [0.05, 0.1) is 11.1 Å². The molecule has 29 heavy (non-hydrogen) atoms. The smallest absolute Gasteiger partial charge is 0.264 e. The molecular formula is C19H20N4O4S2. The van der Waals surface area contributed by atoms with Gasteiger partial charge in [0, 0.05) is 49.0 Å². The average Bonchev–Trinajstić information content (AvgIpc) is 3.36. The van der Waals surface area contributed by atoms with Gasteiger partial charge in [-0.2, -0.15) is 4.31 Å². The largest absolute Gasteiger partial charge is 0.355 e. The monoisotopic (exact) mass is 432 g/mol. The lowest BCUT2D eigenvalue weighted by Crippen LogP contribution is -2.50. The quantitative estimate of drug-likeness (QED) is 0.629. The summed E-state index contributed by atoms with van der Waals surface area (Å²) in [5.74, 6) is 0.140. The normalized spacial score (nSPS) is 15.6. The Morgan fingerprint density at radius 2 is 1.83 bits per heavy atom. The molecule has 0 atom stereocenters. The van der Waals surface area contributed by atoms with Crippen molar-refractivity contribution >= 4 is 27.3 Å². The van der Waals surface area contributed by atoms with Crippen molar-refractivity contribution in [1.29, 1.82) is 0 Å². The van der Waals surface area contributed by atoms with Crippen molar-refractivity contribution in [2.75, 3.05) is 26.2 Å². The van der Waals surface area contributed by atoms with Crippen molar-refractivity contribution in [3.63, 3.8) is 0 Å². The lowest BCUT2D eigenvalue weighted by atomic mass is 10.2. The van der Waals surface area contributed by atoms with Crippen LogP contribution in [0.3, 0.4) is 0 Å². The summed E-state index contributed by atoms with van der Waals surface area (Å²) in [7, 11) is -3.79. The maximum Gasteiger partial charge on any atom is 0.264 e. The fourth-order valence-electron chi connectivity index (χ4n) is 3.22. The number of aryl methyl sites for hydroxylation is 2. The van der Waals surface area contributed by atoms with Crippen LogP contribution in [0.1, 0.15) is 20.1 Å². The summed E-state index contributed by atoms with van der Waals surface area (Å²) in [6.45, 7) is 5.08. The van der Waals surface area contributed by atoms with E-state index in [1.807, 2.05) is 19.9 Å². The van der Waals surface area contributed by atoms with Crippen LogP contribution < -0.4 is 0 Å². The molecule has 1 fully saturated rings. The van der Waals surface area contributed by atoms with Gasteiger partial charge in [0.2, 0.25) is 10.0 Å². The average molecular weight is 433 g/mol. The Kier molecular flexibility index (Phi) is 5.24. The van der Waals surface area contributed by atoms with Crippen LogP contribution in [0.4, 0.5) is 0 Å². The summed E-state index contributed by atoms with van der Waals surface area (Å²) in [6.07, 6.45) is 4.35. The molecule has 0 radical (unpaired) electrons. The minimum Gasteiger partial charge on any atom is -0.355 e. The van der Waals surface area contributed by atoms with Crippen molar-refractivity contribution in [3.8, 4) is 11.3 Å². The van der Waals surface area contributed by atoms with Crippen LogP contribution in [0.2, 0.25) is 0 Å². The van der Waals surface area contributed by atoms with Gasteiger partial charge in [-0.1, -0.05) is 5.16 Å². The van der Waals surface area contributed by atoms with E-state index in [9.17, 15) is 13.2 Å². The zero-order chi connectivity index (χ0) is 20.6. The SMILES string of the molecule is Cc1cc(C(=O)N2CCN(S(=O)(=O)c3cnoc3-c3ccncc3)CC2)sc1C. The number of amides is 1. The Hall–Kier alpha value is -2.56. The number of sulfonamides is 1. The van der Waals surface area contributed by atoms with Crippen LogP contribution in [-0.4, -0.2) is 59.8 Å². The van der Waals surface area contributed by atoms with Gasteiger partial charge in [0.1, 0.15) is 4.90 Å². The van der Waals surface area contributed by atoms with Gasteiger partial charge in [-0.15, -0.1) is 11.3 Å². The van der Waals surface area contributed by atoms with Gasteiger partial charge < -0.3 is 9.42 Å². The molecule has 0 N–H and O–H groups in total. The van der Waals surface area contributed by atoms with Gasteiger partial charge in [-0.3, -0.25) is 9.78 Å². The molecule has 4 heterocycles. The first-order valence-electron chi connectivity index (χ1n) is 9.09. The number of rotatable bonds is 4. The second-order valence-electron chi connectivity index (χ2n) is 6.80. The van der Waals surface area contributed by atoms with E-state index in [0.29, 0.717) is 23.5 Å². The number of pyridine rings is 1. The number of nitrogens with zero attached hydrogens (tertiary/aromatic N) is 4. The first-order chi connectivity index (χ1) is 13.9. The third-order valence-corrected chi connectivity index (χ3v) is 8.03. The number of hydrogen-bond donors (Lipinski definition) is 0. The molecule has 1 aliphatic rings. The topological polar surface area (TPSA) is 96.6 Å². The third-order valence-electron chi connectivity index (χ3n) is 5.00. The van der Waals surface area contributed by atoms with E-state index >= 15 is 0 Å². The maximum absolute atomic E-state index is 13.1. The van der Waals surface area contributed by atoms with Gasteiger partial charge in [-0.05, 0) is 37.6 Å². The summed E-state index contributed by atoms with van der Waals surface area (Å²) in [5.41, 5.74) is 1.68. The van der Waals surface area contributed by atoms with Gasteiger partial charge >= 0.3 is 0 Å². The first kappa shape index (κ1) is 19.7. The summed E-state index contributed by atoms with van der Waals surface area (Å²) in [4.78, 5) is 20.2. The molecule has 8 nitrogen and oxygen atoms in total. The van der Waals surface area contributed by atoms with Crippen LogP contribution in [-0.2, 0) is 10.0 Å². The molecule has 0 aromatic carbocycles. The van der Waals surface area contributed by atoms with E-state index in [2.05, 4.69) is 10.1 Å². The summed E-state index contributed by atoms with van der Waals surface area (Å²) in [6, 6.07) is 5.23. The van der Waals surface area contributed by atoms with Crippen molar-refractivity contribution in [3.05, 3.63) is 52.1 Å². The molecule has 10 heteroatoms. The molecule has 0 saturated carbocycles. The highest BCUT2D eigenvalue weighted by Crippen LogP contribution is 2.30. The molecule has 4 rings (SSSR count). The summed E-state index contributed by atoms with van der Waals surface area (Å²) >= 11 is 1.47. The lowest BCUT2D eigenvalue weighted by molar-refractivity contribution is 0.0702. The van der Waals surface area contributed by atoms with Crippen molar-refractivity contribution < 1.29 is 17.7 Å². The van der Waals surface area contributed by atoms with Crippen LogP contribution in [0.5, 0.6) is 0 Å². The Bertz CT molecular complexity index is 1110. The highest BCUT2D eigenvalue weighted by atomic mass is 32.2. The van der Waals surface area contributed by atoms with Gasteiger partial charge in [-0.25, -0.2) is 8.42 Å². The Balaban J connectivity index is 1.50. The van der Waals surface area contributed by atoms with Crippen molar-refractivity contribution in [2.45, 2.75) is 18.7 Å². The second-order valence-corrected chi connectivity index (χ2v) is 9.96. The van der Waals surface area contributed by atoms with E-state index in [-0.39, 0.29) is 29.7 Å². The van der Waals surface area contributed by atoms with Crippen LogP contribution in [0.25, 0.3) is 11.3 Å². The van der Waals surface area contributed by atoms with Gasteiger partial charge in [0.15, 0.2) is 5.76 Å². The number of piperazine rings is 1. The fraction of sp³-hybridized carbons (Fsp3) is 0.316. The fourth-order valence-corrected chi connectivity index (χ4v) is 5.71. The number of carbonyl (C=O) groups is 1. The molecule has 1 saturated heterocycles. The van der Waals surface area contributed by atoms with Crippen LogP contribution in [0, 0.1) is 13.8 Å². The second kappa shape index (κ2) is 7.69. The zero-order valence-corrected chi connectivity index (χ0v) is 17.7. The van der Waals surface area contributed by atoms with E-state index < -0.39 is 10.0 Å². The molecule has 1 aliphatic heterocycles. The third kappa shape index (κ3) is 3.70. The highest BCUT2D eigenvalue weighted by Gasteiger charge is 2.34. The number of thiophene rings is 1. The minimum atomic E-state index is -3.79.